The van der Waals surface area contributed by atoms with E-state index in [4.69, 9.17) is 4.74 Å². The summed E-state index contributed by atoms with van der Waals surface area (Å²) in [5.74, 6) is 0. The average molecular weight is 295 g/mol. The van der Waals surface area contributed by atoms with Gasteiger partial charge in [-0.25, -0.2) is 0 Å². The first kappa shape index (κ1) is 11.7. The highest BCUT2D eigenvalue weighted by molar-refractivity contribution is 9.09. The summed E-state index contributed by atoms with van der Waals surface area (Å²) in [6, 6.07) is 6.85. The minimum absolute atomic E-state index is 0.0448. The summed E-state index contributed by atoms with van der Waals surface area (Å²) >= 11 is 3.87. The summed E-state index contributed by atoms with van der Waals surface area (Å²) in [4.78, 5) is 0.438. The summed E-state index contributed by atoms with van der Waals surface area (Å²) < 4.78 is 6.00. The molecule has 0 saturated carbocycles. The second-order valence-electron chi connectivity index (χ2n) is 6.09. The Balaban J connectivity index is 2.22. The van der Waals surface area contributed by atoms with Crippen molar-refractivity contribution < 1.29 is 4.74 Å². The fraction of sp³-hybridized carbons (Fsp3) is 0.600. The third-order valence-corrected chi connectivity index (χ3v) is 5.45. The van der Waals surface area contributed by atoms with E-state index in [1.54, 1.807) is 0 Å². The highest BCUT2D eigenvalue weighted by Crippen LogP contribution is 2.54. The summed E-state index contributed by atoms with van der Waals surface area (Å²) in [6.45, 7) is 7.73. The van der Waals surface area contributed by atoms with Crippen LogP contribution in [0.25, 0.3) is 0 Å². The standard InChI is InChI=1S/C15H19BrO/c1-10-4-5-11-12(8-10)15(6-7-17-15)13(16)9-14(11,2)3/h4-5,8,13H,6-7,9H2,1-3H3. The van der Waals surface area contributed by atoms with Crippen molar-refractivity contribution in [2.24, 2.45) is 0 Å². The quantitative estimate of drug-likeness (QED) is 0.656. The van der Waals surface area contributed by atoms with E-state index in [0.29, 0.717) is 4.83 Å². The number of halogens is 1. The van der Waals surface area contributed by atoms with Gasteiger partial charge in [-0.05, 0) is 29.9 Å². The second-order valence-corrected chi connectivity index (χ2v) is 7.20. The van der Waals surface area contributed by atoms with Gasteiger partial charge in [-0.3, -0.25) is 0 Å². The van der Waals surface area contributed by atoms with Crippen LogP contribution < -0.4 is 0 Å². The van der Waals surface area contributed by atoms with Gasteiger partial charge in [0.2, 0.25) is 0 Å². The molecule has 1 aliphatic heterocycles. The van der Waals surface area contributed by atoms with Crippen molar-refractivity contribution in [3.63, 3.8) is 0 Å². The van der Waals surface area contributed by atoms with Crippen molar-refractivity contribution in [1.29, 1.82) is 0 Å². The molecule has 2 aliphatic rings. The number of alkyl halides is 1. The molecule has 1 heterocycles. The zero-order valence-corrected chi connectivity index (χ0v) is 12.3. The lowest BCUT2D eigenvalue weighted by Gasteiger charge is -2.53. The van der Waals surface area contributed by atoms with Crippen LogP contribution in [-0.2, 0) is 15.8 Å². The number of hydrogen-bond acceptors (Lipinski definition) is 1. The van der Waals surface area contributed by atoms with E-state index >= 15 is 0 Å². The van der Waals surface area contributed by atoms with Crippen LogP contribution in [0.3, 0.4) is 0 Å². The van der Waals surface area contributed by atoms with Gasteiger partial charge in [0, 0.05) is 11.2 Å². The van der Waals surface area contributed by atoms with Gasteiger partial charge < -0.3 is 4.74 Å². The van der Waals surface area contributed by atoms with Crippen LogP contribution in [0.2, 0.25) is 0 Å². The summed E-state index contributed by atoms with van der Waals surface area (Å²) in [6.07, 6.45) is 2.29. The lowest BCUT2D eigenvalue weighted by atomic mass is 9.64. The minimum atomic E-state index is -0.0448. The van der Waals surface area contributed by atoms with E-state index < -0.39 is 0 Å². The molecule has 0 aromatic heterocycles. The first-order valence-corrected chi connectivity index (χ1v) is 7.27. The van der Waals surface area contributed by atoms with Crippen LogP contribution in [0.15, 0.2) is 18.2 Å². The zero-order valence-electron chi connectivity index (χ0n) is 10.7. The molecule has 1 aliphatic carbocycles. The fourth-order valence-corrected chi connectivity index (χ4v) is 4.69. The Bertz CT molecular complexity index is 460. The Morgan fingerprint density at radius 2 is 2.00 bits per heavy atom. The SMILES string of the molecule is Cc1ccc2c(c1)C1(CCO1)C(Br)CC2(C)C. The summed E-state index contributed by atoms with van der Waals surface area (Å²) in [5.41, 5.74) is 4.41. The number of aryl methyl sites for hydroxylation is 1. The minimum Gasteiger partial charge on any atom is -0.369 e. The van der Waals surface area contributed by atoms with E-state index in [-0.39, 0.29) is 11.0 Å². The molecule has 0 amide bonds. The lowest BCUT2D eigenvalue weighted by molar-refractivity contribution is -0.160. The Hall–Kier alpha value is -0.340. The molecule has 17 heavy (non-hydrogen) atoms. The molecule has 0 bridgehead atoms. The van der Waals surface area contributed by atoms with Gasteiger partial charge in [0.15, 0.2) is 0 Å². The van der Waals surface area contributed by atoms with Gasteiger partial charge >= 0.3 is 0 Å². The molecule has 3 rings (SSSR count). The third kappa shape index (κ3) is 1.53. The maximum absolute atomic E-state index is 6.00. The summed E-state index contributed by atoms with van der Waals surface area (Å²) in [7, 11) is 0. The Kier molecular flexibility index (Phi) is 2.47. The van der Waals surface area contributed by atoms with Gasteiger partial charge in [0.1, 0.15) is 5.60 Å². The van der Waals surface area contributed by atoms with Crippen molar-refractivity contribution in [3.8, 4) is 0 Å². The number of fused-ring (bicyclic) bond motifs is 2. The van der Waals surface area contributed by atoms with E-state index in [9.17, 15) is 0 Å². The predicted molar refractivity (Wildman–Crippen MR) is 73.8 cm³/mol. The Morgan fingerprint density at radius 1 is 1.29 bits per heavy atom. The van der Waals surface area contributed by atoms with Crippen LogP contribution in [-0.4, -0.2) is 11.4 Å². The molecule has 92 valence electrons. The van der Waals surface area contributed by atoms with Gasteiger partial charge in [-0.1, -0.05) is 53.5 Å². The first-order valence-electron chi connectivity index (χ1n) is 6.35. The molecule has 1 nitrogen and oxygen atoms in total. The molecule has 2 heteroatoms. The Labute approximate surface area is 112 Å². The van der Waals surface area contributed by atoms with Gasteiger partial charge in [0.25, 0.3) is 0 Å². The molecule has 1 spiro atoms. The first-order chi connectivity index (χ1) is 7.96. The van der Waals surface area contributed by atoms with Crippen molar-refractivity contribution in [2.45, 2.75) is 49.5 Å². The van der Waals surface area contributed by atoms with Gasteiger partial charge in [-0.2, -0.15) is 0 Å². The molecule has 1 aromatic rings. The smallest absolute Gasteiger partial charge is 0.108 e. The van der Waals surface area contributed by atoms with Crippen LogP contribution >= 0.6 is 15.9 Å². The van der Waals surface area contributed by atoms with E-state index in [1.807, 2.05) is 0 Å². The zero-order chi connectivity index (χ0) is 12.3. The topological polar surface area (TPSA) is 9.23 Å². The molecular formula is C15H19BrO. The normalized spacial score (nSPS) is 34.2. The highest BCUT2D eigenvalue weighted by Gasteiger charge is 2.53. The van der Waals surface area contributed by atoms with Crippen molar-refractivity contribution in [2.75, 3.05) is 6.61 Å². The van der Waals surface area contributed by atoms with Crippen molar-refractivity contribution in [1.82, 2.24) is 0 Å². The van der Waals surface area contributed by atoms with Crippen LogP contribution in [0.5, 0.6) is 0 Å². The molecule has 0 N–H and O–H groups in total. The Morgan fingerprint density at radius 3 is 2.59 bits per heavy atom. The number of benzene rings is 1. The van der Waals surface area contributed by atoms with Crippen molar-refractivity contribution in [3.05, 3.63) is 34.9 Å². The molecule has 1 fully saturated rings. The molecular weight excluding hydrogens is 276 g/mol. The van der Waals surface area contributed by atoms with Crippen molar-refractivity contribution >= 4 is 15.9 Å². The maximum Gasteiger partial charge on any atom is 0.108 e. The van der Waals surface area contributed by atoms with E-state index in [2.05, 4.69) is 54.9 Å². The molecule has 2 atom stereocenters. The molecule has 2 unspecified atom stereocenters. The van der Waals surface area contributed by atoms with Crippen LogP contribution in [0, 0.1) is 6.92 Å². The summed E-state index contributed by atoms with van der Waals surface area (Å²) in [5, 5.41) is 0. The van der Waals surface area contributed by atoms with E-state index in [0.717, 1.165) is 19.4 Å². The number of hydrogen-bond donors (Lipinski definition) is 0. The second kappa shape index (κ2) is 3.58. The molecule has 0 radical (unpaired) electrons. The molecule has 1 aromatic carbocycles. The lowest BCUT2D eigenvalue weighted by Crippen LogP contribution is -2.54. The average Bonchev–Trinajstić information content (AvgIpc) is 2.13. The van der Waals surface area contributed by atoms with Crippen LogP contribution in [0.4, 0.5) is 0 Å². The van der Waals surface area contributed by atoms with Gasteiger partial charge in [-0.15, -0.1) is 0 Å². The number of ether oxygens (including phenoxy) is 1. The van der Waals surface area contributed by atoms with Gasteiger partial charge in [0.05, 0.1) is 6.61 Å². The third-order valence-electron chi connectivity index (χ3n) is 4.39. The number of rotatable bonds is 0. The largest absolute Gasteiger partial charge is 0.369 e. The predicted octanol–water partition coefficient (Wildman–Crippen LogP) is 4.06. The fourth-order valence-electron chi connectivity index (χ4n) is 3.27. The highest BCUT2D eigenvalue weighted by atomic mass is 79.9. The monoisotopic (exact) mass is 294 g/mol. The van der Waals surface area contributed by atoms with Crippen LogP contribution in [0.1, 0.15) is 43.4 Å². The molecule has 1 saturated heterocycles. The van der Waals surface area contributed by atoms with E-state index in [1.165, 1.54) is 16.7 Å². The maximum atomic E-state index is 6.00.